The highest BCUT2D eigenvalue weighted by Crippen LogP contribution is 2.38. The molecule has 5 heteroatoms. The number of unbranched alkanes of at least 4 members (excludes halogenated alkanes) is 6. The molecule has 0 atom stereocenters. The van der Waals surface area contributed by atoms with Crippen LogP contribution in [0.1, 0.15) is 87.0 Å². The third kappa shape index (κ3) is 8.02. The Kier molecular flexibility index (Phi) is 10.0. The van der Waals surface area contributed by atoms with Crippen molar-refractivity contribution in [2.45, 2.75) is 98.1 Å². The van der Waals surface area contributed by atoms with Crippen LogP contribution in [0.25, 0.3) is 0 Å². The average Bonchev–Trinajstić information content (AvgIpc) is 2.61. The molecule has 156 valence electrons. The minimum Gasteiger partial charge on any atom is -0.507 e. The normalized spacial score (nSPS) is 11.8. The van der Waals surface area contributed by atoms with Crippen molar-refractivity contribution < 1.29 is 23.0 Å². The summed E-state index contributed by atoms with van der Waals surface area (Å²) in [5.74, 6) is 1.27. The van der Waals surface area contributed by atoms with E-state index in [0.717, 1.165) is 72.9 Å². The molecule has 0 saturated heterocycles. The van der Waals surface area contributed by atoms with Crippen molar-refractivity contribution >= 4 is 0 Å². The van der Waals surface area contributed by atoms with Crippen molar-refractivity contribution in [3.8, 4) is 11.5 Å². The lowest BCUT2D eigenvalue weighted by atomic mass is 9.94. The molecule has 0 aromatic heterocycles. The topological polar surface area (TPSA) is 29.5 Å². The van der Waals surface area contributed by atoms with Crippen molar-refractivity contribution in [1.29, 1.82) is 0 Å². The van der Waals surface area contributed by atoms with E-state index in [4.69, 9.17) is 4.74 Å². The Bertz CT molecular complexity index is 580. The third-order valence-electron chi connectivity index (χ3n) is 5.22. The largest absolute Gasteiger partial charge is 0.507 e. The summed E-state index contributed by atoms with van der Waals surface area (Å²) in [6.07, 6.45) is 2.84. The maximum atomic E-state index is 12.1. The predicted octanol–water partition coefficient (Wildman–Crippen LogP) is 7.33. The summed E-state index contributed by atoms with van der Waals surface area (Å²) >= 11 is 0. The lowest BCUT2D eigenvalue weighted by molar-refractivity contribution is -0.135. The second-order valence-electron chi connectivity index (χ2n) is 7.47. The number of alkyl halides is 3. The van der Waals surface area contributed by atoms with Gasteiger partial charge in [-0.3, -0.25) is 0 Å². The first kappa shape index (κ1) is 23.6. The smallest absolute Gasteiger partial charge is 0.389 e. The fraction of sp³-hybridized carbons (Fsp3) is 0.727. The molecule has 1 aromatic rings. The van der Waals surface area contributed by atoms with Crippen LogP contribution in [0.2, 0.25) is 0 Å². The molecule has 0 aliphatic heterocycles. The lowest BCUT2D eigenvalue weighted by Crippen LogP contribution is -2.06. The van der Waals surface area contributed by atoms with E-state index in [9.17, 15) is 18.3 Å². The van der Waals surface area contributed by atoms with E-state index in [1.807, 2.05) is 20.8 Å². The summed E-state index contributed by atoms with van der Waals surface area (Å²) in [6.45, 7) is 8.59. The molecule has 27 heavy (non-hydrogen) atoms. The zero-order valence-corrected chi connectivity index (χ0v) is 17.3. The zero-order chi connectivity index (χ0) is 20.4. The maximum Gasteiger partial charge on any atom is 0.389 e. The highest BCUT2D eigenvalue weighted by Gasteiger charge is 2.25. The molecule has 0 radical (unpaired) electrons. The molecule has 0 fully saturated rings. The van der Waals surface area contributed by atoms with Gasteiger partial charge in [0.25, 0.3) is 0 Å². The number of aromatic hydroxyl groups is 1. The summed E-state index contributed by atoms with van der Waals surface area (Å²) in [5, 5.41) is 10.3. The van der Waals surface area contributed by atoms with Gasteiger partial charge in [0.15, 0.2) is 0 Å². The monoisotopic (exact) mass is 388 g/mol. The maximum absolute atomic E-state index is 12.1. The Morgan fingerprint density at radius 2 is 1.41 bits per heavy atom. The minimum absolute atomic E-state index is 0.228. The van der Waals surface area contributed by atoms with Crippen LogP contribution in [0.4, 0.5) is 13.2 Å². The number of ether oxygens (including phenoxy) is 1. The van der Waals surface area contributed by atoms with E-state index in [0.29, 0.717) is 18.8 Å². The first-order valence-corrected chi connectivity index (χ1v) is 10.2. The van der Waals surface area contributed by atoms with Gasteiger partial charge < -0.3 is 9.84 Å². The van der Waals surface area contributed by atoms with Gasteiger partial charge in [-0.2, -0.15) is 13.2 Å². The van der Waals surface area contributed by atoms with Gasteiger partial charge in [0.2, 0.25) is 0 Å². The van der Waals surface area contributed by atoms with E-state index >= 15 is 0 Å². The van der Waals surface area contributed by atoms with Gasteiger partial charge >= 0.3 is 6.18 Å². The number of hydrogen-bond acceptors (Lipinski definition) is 2. The molecule has 0 amide bonds. The summed E-state index contributed by atoms with van der Waals surface area (Å²) in [7, 11) is 0. The summed E-state index contributed by atoms with van der Waals surface area (Å²) < 4.78 is 42.3. The number of rotatable bonds is 12. The predicted molar refractivity (Wildman–Crippen MR) is 105 cm³/mol. The van der Waals surface area contributed by atoms with Crippen molar-refractivity contribution in [2.24, 2.45) is 0 Å². The Hall–Kier alpha value is -1.39. The Balaban J connectivity index is 2.45. The molecule has 0 aliphatic rings. The standard InChI is InChI=1S/C22H35F3O2/c1-5-6-13-19-18(4)20(26)16(2)17(3)21(19)27-15-12-10-8-7-9-11-14-22(23,24)25/h26H,5-15H2,1-4H3. The SMILES string of the molecule is CCCCc1c(C)c(O)c(C)c(C)c1OCCCCCCCCC(F)(F)F. The Labute approximate surface area is 162 Å². The molecule has 1 aromatic carbocycles. The molecule has 0 heterocycles. The molecule has 0 spiro atoms. The fourth-order valence-electron chi connectivity index (χ4n) is 3.33. The van der Waals surface area contributed by atoms with Gasteiger partial charge in [-0.1, -0.05) is 39.0 Å². The number of benzene rings is 1. The first-order valence-electron chi connectivity index (χ1n) is 10.2. The molecule has 1 rings (SSSR count). The second-order valence-corrected chi connectivity index (χ2v) is 7.47. The lowest BCUT2D eigenvalue weighted by Gasteiger charge is -2.20. The first-order chi connectivity index (χ1) is 12.7. The van der Waals surface area contributed by atoms with Crippen molar-refractivity contribution in [3.05, 3.63) is 22.3 Å². The van der Waals surface area contributed by atoms with E-state index in [2.05, 4.69) is 6.92 Å². The van der Waals surface area contributed by atoms with Gasteiger partial charge in [-0.05, 0) is 63.1 Å². The summed E-state index contributed by atoms with van der Waals surface area (Å²) in [5.41, 5.74) is 3.87. The molecule has 2 nitrogen and oxygen atoms in total. The van der Waals surface area contributed by atoms with E-state index in [1.165, 1.54) is 0 Å². The van der Waals surface area contributed by atoms with Crippen LogP contribution in [0, 0.1) is 20.8 Å². The van der Waals surface area contributed by atoms with Gasteiger partial charge in [0, 0.05) is 12.0 Å². The van der Waals surface area contributed by atoms with Crippen LogP contribution < -0.4 is 4.74 Å². The van der Waals surface area contributed by atoms with Crippen LogP contribution in [-0.4, -0.2) is 17.9 Å². The van der Waals surface area contributed by atoms with Crippen LogP contribution in [-0.2, 0) is 6.42 Å². The average molecular weight is 389 g/mol. The van der Waals surface area contributed by atoms with Crippen molar-refractivity contribution in [3.63, 3.8) is 0 Å². The highest BCUT2D eigenvalue weighted by atomic mass is 19.4. The van der Waals surface area contributed by atoms with Crippen LogP contribution in [0.5, 0.6) is 11.5 Å². The van der Waals surface area contributed by atoms with Crippen LogP contribution in [0.3, 0.4) is 0 Å². The van der Waals surface area contributed by atoms with Gasteiger partial charge in [0.1, 0.15) is 11.5 Å². The molecular weight excluding hydrogens is 353 g/mol. The van der Waals surface area contributed by atoms with Gasteiger partial charge in [-0.25, -0.2) is 0 Å². The molecule has 0 saturated carbocycles. The van der Waals surface area contributed by atoms with E-state index < -0.39 is 12.6 Å². The summed E-state index contributed by atoms with van der Waals surface area (Å²) in [6, 6.07) is 0. The van der Waals surface area contributed by atoms with Gasteiger partial charge in [0.05, 0.1) is 6.61 Å². The second kappa shape index (κ2) is 11.5. The van der Waals surface area contributed by atoms with E-state index in [1.54, 1.807) is 0 Å². The zero-order valence-electron chi connectivity index (χ0n) is 17.3. The Morgan fingerprint density at radius 1 is 0.815 bits per heavy atom. The van der Waals surface area contributed by atoms with Crippen LogP contribution >= 0.6 is 0 Å². The number of hydrogen-bond donors (Lipinski definition) is 1. The Morgan fingerprint density at radius 3 is 2.00 bits per heavy atom. The number of phenolic OH excluding ortho intramolecular Hbond substituents is 1. The molecule has 0 bridgehead atoms. The molecular formula is C22H35F3O2. The quantitative estimate of drug-likeness (QED) is 0.380. The minimum atomic E-state index is -4.03. The molecule has 0 aliphatic carbocycles. The molecule has 1 N–H and O–H groups in total. The van der Waals surface area contributed by atoms with Crippen LogP contribution in [0.15, 0.2) is 0 Å². The van der Waals surface area contributed by atoms with Crippen molar-refractivity contribution in [1.82, 2.24) is 0 Å². The van der Waals surface area contributed by atoms with Gasteiger partial charge in [-0.15, -0.1) is 0 Å². The number of halogens is 3. The number of phenols is 1. The summed E-state index contributed by atoms with van der Waals surface area (Å²) in [4.78, 5) is 0. The molecule has 0 unspecified atom stereocenters. The third-order valence-corrected chi connectivity index (χ3v) is 5.22. The highest BCUT2D eigenvalue weighted by molar-refractivity contribution is 5.57. The van der Waals surface area contributed by atoms with Crippen molar-refractivity contribution in [2.75, 3.05) is 6.61 Å². The van der Waals surface area contributed by atoms with E-state index in [-0.39, 0.29) is 6.42 Å². The fourth-order valence-corrected chi connectivity index (χ4v) is 3.33.